The van der Waals surface area contributed by atoms with Crippen molar-refractivity contribution >= 4 is 11.7 Å². The summed E-state index contributed by atoms with van der Waals surface area (Å²) in [4.78, 5) is 4.08. The van der Waals surface area contributed by atoms with Gasteiger partial charge in [0.05, 0.1) is 18.3 Å². The van der Waals surface area contributed by atoms with Gasteiger partial charge in [-0.1, -0.05) is 0 Å². The Bertz CT molecular complexity index is 553. The molecule has 0 aliphatic carbocycles. The summed E-state index contributed by atoms with van der Waals surface area (Å²) < 4.78 is 25.0. The molecule has 0 saturated heterocycles. The zero-order chi connectivity index (χ0) is 16.9. The zero-order valence-corrected chi connectivity index (χ0v) is 14.4. The molecule has 0 aliphatic heterocycles. The number of ether oxygens (including phenoxy) is 3. The van der Waals surface area contributed by atoms with E-state index in [0.717, 1.165) is 35.8 Å². The average Bonchev–Trinajstić information content (AvgIpc) is 3.09. The number of aliphatic hydroxyl groups is 1. The summed E-state index contributed by atoms with van der Waals surface area (Å²) in [5.41, 5.74) is 1.63. The number of pyridine rings is 1. The maximum atomic E-state index is 8.61. The van der Waals surface area contributed by atoms with Crippen LogP contribution in [-0.2, 0) is 9.47 Å². The molecule has 0 amide bonds. The smallest absolute Gasteiger partial charge is 0.254 e. The van der Waals surface area contributed by atoms with Crippen LogP contribution in [-0.4, -0.2) is 58.5 Å². The third-order valence-electron chi connectivity index (χ3n) is 3.09. The van der Waals surface area contributed by atoms with Gasteiger partial charge in [-0.25, -0.2) is 0 Å². The number of aliphatic hydroxyl groups excluding tert-OH is 1. The summed E-state index contributed by atoms with van der Waals surface area (Å²) in [6.45, 7) is 3.27. The normalized spacial score (nSPS) is 10.9. The van der Waals surface area contributed by atoms with E-state index in [1.807, 2.05) is 12.1 Å². The minimum atomic E-state index is 0.174. The monoisotopic (exact) mass is 353 g/mol. The van der Waals surface area contributed by atoms with Crippen molar-refractivity contribution < 1.29 is 19.3 Å². The molecule has 0 aromatic carbocycles. The lowest BCUT2D eigenvalue weighted by molar-refractivity contribution is 0.0718. The van der Waals surface area contributed by atoms with E-state index in [0.29, 0.717) is 45.3 Å². The molecule has 24 heavy (non-hydrogen) atoms. The van der Waals surface area contributed by atoms with Crippen molar-refractivity contribution in [1.82, 2.24) is 13.7 Å². The van der Waals surface area contributed by atoms with Crippen molar-refractivity contribution in [3.05, 3.63) is 24.5 Å². The van der Waals surface area contributed by atoms with Crippen LogP contribution in [0, 0.1) is 0 Å². The molecule has 0 spiro atoms. The molecule has 0 saturated carbocycles. The maximum absolute atomic E-state index is 8.61. The third kappa shape index (κ3) is 6.88. The van der Waals surface area contributed by atoms with Crippen molar-refractivity contribution in [1.29, 1.82) is 0 Å². The fourth-order valence-corrected chi connectivity index (χ4v) is 2.44. The molecule has 2 rings (SSSR count). The van der Waals surface area contributed by atoms with Gasteiger partial charge in [-0.05, 0) is 25.0 Å². The molecule has 1 N–H and O–H groups in total. The minimum Gasteiger partial charge on any atom is -0.475 e. The van der Waals surface area contributed by atoms with E-state index in [2.05, 4.69) is 13.7 Å². The second-order valence-corrected chi connectivity index (χ2v) is 5.55. The van der Waals surface area contributed by atoms with Crippen molar-refractivity contribution in [3.63, 3.8) is 0 Å². The highest BCUT2D eigenvalue weighted by Gasteiger charge is 2.11. The van der Waals surface area contributed by atoms with Gasteiger partial charge in [-0.3, -0.25) is 4.98 Å². The molecule has 2 heterocycles. The number of hydrogen-bond acceptors (Lipinski definition) is 8. The van der Waals surface area contributed by atoms with Gasteiger partial charge in [0.15, 0.2) is 0 Å². The van der Waals surface area contributed by atoms with Gasteiger partial charge in [-0.15, -0.1) is 4.37 Å². The minimum absolute atomic E-state index is 0.174. The summed E-state index contributed by atoms with van der Waals surface area (Å²) >= 11 is 1.13. The van der Waals surface area contributed by atoms with Crippen LogP contribution in [0.3, 0.4) is 0 Å². The van der Waals surface area contributed by atoms with Crippen LogP contribution in [0.5, 0.6) is 5.88 Å². The van der Waals surface area contributed by atoms with E-state index >= 15 is 0 Å². The molecular weight excluding hydrogens is 330 g/mol. The first kappa shape index (κ1) is 18.7. The standard InChI is InChI=1S/C16H23N3O4S/c20-7-2-8-21-9-3-10-22-11-4-12-23-16-15(18-24-19-16)14-5-1-6-17-13-14/h1,5-6,13,20H,2-4,7-12H2. The predicted octanol–water partition coefficient (Wildman–Crippen LogP) is 2.17. The van der Waals surface area contributed by atoms with Crippen LogP contribution in [0.1, 0.15) is 19.3 Å². The second kappa shape index (κ2) is 11.9. The molecule has 2 aromatic rings. The Hall–Kier alpha value is -1.61. The number of nitrogens with zero attached hydrogens (tertiary/aromatic N) is 3. The first-order valence-electron chi connectivity index (χ1n) is 8.04. The summed E-state index contributed by atoms with van der Waals surface area (Å²) in [5.74, 6) is 0.547. The number of hydrogen-bond donors (Lipinski definition) is 1. The van der Waals surface area contributed by atoms with Crippen LogP contribution >= 0.6 is 11.7 Å². The van der Waals surface area contributed by atoms with E-state index in [1.54, 1.807) is 12.4 Å². The molecule has 0 unspecified atom stereocenters. The predicted molar refractivity (Wildman–Crippen MR) is 91.2 cm³/mol. The molecule has 0 aliphatic rings. The first-order chi connectivity index (χ1) is 11.9. The van der Waals surface area contributed by atoms with E-state index in [1.165, 1.54) is 0 Å². The van der Waals surface area contributed by atoms with Gasteiger partial charge >= 0.3 is 0 Å². The summed E-state index contributed by atoms with van der Waals surface area (Å²) in [5, 5.41) is 8.61. The van der Waals surface area contributed by atoms with Crippen molar-refractivity contribution in [3.8, 4) is 17.1 Å². The fourth-order valence-electron chi connectivity index (χ4n) is 1.92. The van der Waals surface area contributed by atoms with Crippen molar-refractivity contribution in [2.75, 3.05) is 39.6 Å². The molecular formula is C16H23N3O4S. The molecule has 0 radical (unpaired) electrons. The molecule has 0 fully saturated rings. The Balaban J connectivity index is 1.54. The Morgan fingerprint density at radius 3 is 2.42 bits per heavy atom. The van der Waals surface area contributed by atoms with E-state index in [4.69, 9.17) is 19.3 Å². The molecule has 7 nitrogen and oxygen atoms in total. The number of aromatic nitrogens is 3. The lowest BCUT2D eigenvalue weighted by Gasteiger charge is -2.06. The first-order valence-corrected chi connectivity index (χ1v) is 8.77. The Morgan fingerprint density at radius 2 is 1.71 bits per heavy atom. The van der Waals surface area contributed by atoms with E-state index in [9.17, 15) is 0 Å². The second-order valence-electron chi connectivity index (χ2n) is 5.02. The Morgan fingerprint density at radius 1 is 0.958 bits per heavy atom. The van der Waals surface area contributed by atoms with Crippen LogP contribution in [0.4, 0.5) is 0 Å². The molecule has 8 heteroatoms. The SMILES string of the molecule is OCCCOCCCOCCCOc1nsnc1-c1cccnc1. The highest BCUT2D eigenvalue weighted by molar-refractivity contribution is 6.99. The van der Waals surface area contributed by atoms with Gasteiger partial charge in [0.2, 0.25) is 0 Å². The van der Waals surface area contributed by atoms with E-state index in [-0.39, 0.29) is 6.61 Å². The lowest BCUT2D eigenvalue weighted by atomic mass is 10.2. The molecule has 2 aromatic heterocycles. The third-order valence-corrected chi connectivity index (χ3v) is 3.60. The van der Waals surface area contributed by atoms with Crippen molar-refractivity contribution in [2.24, 2.45) is 0 Å². The van der Waals surface area contributed by atoms with Gasteiger partial charge in [-0.2, -0.15) is 4.37 Å². The average molecular weight is 353 g/mol. The summed E-state index contributed by atoms with van der Waals surface area (Å²) in [6, 6.07) is 3.79. The highest BCUT2D eigenvalue weighted by atomic mass is 32.1. The fraction of sp³-hybridized carbons (Fsp3) is 0.562. The largest absolute Gasteiger partial charge is 0.475 e. The van der Waals surface area contributed by atoms with Gasteiger partial charge in [0.25, 0.3) is 5.88 Å². The lowest BCUT2D eigenvalue weighted by Crippen LogP contribution is -2.07. The summed E-state index contributed by atoms with van der Waals surface area (Å²) in [6.07, 6.45) is 5.79. The van der Waals surface area contributed by atoms with Crippen LogP contribution in [0.2, 0.25) is 0 Å². The summed E-state index contributed by atoms with van der Waals surface area (Å²) in [7, 11) is 0. The van der Waals surface area contributed by atoms with Crippen LogP contribution < -0.4 is 4.74 Å². The van der Waals surface area contributed by atoms with Crippen LogP contribution in [0.25, 0.3) is 11.3 Å². The Kier molecular flexibility index (Phi) is 9.25. The molecule has 0 atom stereocenters. The van der Waals surface area contributed by atoms with E-state index < -0.39 is 0 Å². The number of rotatable bonds is 13. The van der Waals surface area contributed by atoms with Gasteiger partial charge in [0, 0.05) is 57.4 Å². The van der Waals surface area contributed by atoms with Gasteiger partial charge < -0.3 is 19.3 Å². The highest BCUT2D eigenvalue weighted by Crippen LogP contribution is 2.26. The quantitative estimate of drug-likeness (QED) is 0.552. The molecule has 0 bridgehead atoms. The molecule has 132 valence electrons. The van der Waals surface area contributed by atoms with Crippen molar-refractivity contribution in [2.45, 2.75) is 19.3 Å². The Labute approximate surface area is 145 Å². The van der Waals surface area contributed by atoms with Crippen LogP contribution in [0.15, 0.2) is 24.5 Å². The topological polar surface area (TPSA) is 86.6 Å². The maximum Gasteiger partial charge on any atom is 0.254 e. The van der Waals surface area contributed by atoms with Gasteiger partial charge in [0.1, 0.15) is 5.69 Å². The zero-order valence-electron chi connectivity index (χ0n) is 13.6.